The molecule has 0 spiro atoms. The van der Waals surface area contributed by atoms with E-state index < -0.39 is 10.7 Å². The molecule has 5 nitrogen and oxygen atoms in total. The molecule has 0 fully saturated rings. The lowest BCUT2D eigenvalue weighted by atomic mass is 9.99. The second kappa shape index (κ2) is 4.73. The van der Waals surface area contributed by atoms with Crippen LogP contribution in [0, 0.1) is 28.4 Å². The molecule has 0 aromatic heterocycles. The van der Waals surface area contributed by atoms with Crippen LogP contribution in [0.5, 0.6) is 0 Å². The highest BCUT2D eigenvalue weighted by Crippen LogP contribution is 2.22. The molecule has 1 rings (SSSR count). The SMILES string of the molecule is Cc1cc([N+](=O)[O-])cc(C(=O)CCl)c1C#N. The van der Waals surface area contributed by atoms with Gasteiger partial charge in [0.15, 0.2) is 5.78 Å². The van der Waals surface area contributed by atoms with Crippen molar-refractivity contribution in [2.24, 2.45) is 0 Å². The van der Waals surface area contributed by atoms with Crippen LogP contribution in [0.25, 0.3) is 0 Å². The molecule has 0 bridgehead atoms. The first-order valence-electron chi connectivity index (χ1n) is 4.29. The quantitative estimate of drug-likeness (QED) is 0.350. The van der Waals surface area contributed by atoms with Crippen LogP contribution in [0.4, 0.5) is 5.69 Å². The molecule has 82 valence electrons. The van der Waals surface area contributed by atoms with E-state index in [9.17, 15) is 14.9 Å². The molecule has 0 unspecified atom stereocenters. The van der Waals surface area contributed by atoms with Crippen molar-refractivity contribution >= 4 is 23.1 Å². The third-order valence-electron chi connectivity index (χ3n) is 2.06. The molecule has 16 heavy (non-hydrogen) atoms. The summed E-state index contributed by atoms with van der Waals surface area (Å²) in [5, 5.41) is 19.5. The first-order valence-corrected chi connectivity index (χ1v) is 4.83. The number of hydrogen-bond acceptors (Lipinski definition) is 4. The maximum absolute atomic E-state index is 11.4. The van der Waals surface area contributed by atoms with E-state index in [0.29, 0.717) is 5.56 Å². The van der Waals surface area contributed by atoms with Gasteiger partial charge in [-0.25, -0.2) is 0 Å². The van der Waals surface area contributed by atoms with E-state index in [2.05, 4.69) is 0 Å². The van der Waals surface area contributed by atoms with Crippen molar-refractivity contribution in [3.05, 3.63) is 38.9 Å². The summed E-state index contributed by atoms with van der Waals surface area (Å²) in [6.07, 6.45) is 0. The molecule has 0 aliphatic rings. The molecule has 0 amide bonds. The minimum atomic E-state index is -0.612. The third kappa shape index (κ3) is 2.18. The van der Waals surface area contributed by atoms with Gasteiger partial charge in [0.2, 0.25) is 0 Å². The Hall–Kier alpha value is -1.93. The Labute approximate surface area is 96.4 Å². The normalized spacial score (nSPS) is 9.56. The standard InChI is InChI=1S/C10H7ClN2O3/c1-6-2-7(13(15)16)3-8(9(6)5-12)10(14)4-11/h2-3H,4H2,1H3. The van der Waals surface area contributed by atoms with Gasteiger partial charge in [-0.3, -0.25) is 14.9 Å². The number of nitriles is 1. The van der Waals surface area contributed by atoms with Gasteiger partial charge in [0.05, 0.1) is 16.4 Å². The smallest absolute Gasteiger partial charge is 0.270 e. The fraction of sp³-hybridized carbons (Fsp3) is 0.200. The Morgan fingerprint density at radius 1 is 1.62 bits per heavy atom. The summed E-state index contributed by atoms with van der Waals surface area (Å²) in [7, 11) is 0. The number of ketones is 1. The van der Waals surface area contributed by atoms with Gasteiger partial charge >= 0.3 is 0 Å². The van der Waals surface area contributed by atoms with E-state index in [1.165, 1.54) is 13.0 Å². The highest BCUT2D eigenvalue weighted by atomic mass is 35.5. The van der Waals surface area contributed by atoms with E-state index in [1.54, 1.807) is 0 Å². The van der Waals surface area contributed by atoms with Crippen LogP contribution in [-0.4, -0.2) is 16.6 Å². The van der Waals surface area contributed by atoms with Gasteiger partial charge in [-0.2, -0.15) is 5.26 Å². The molecule has 1 aromatic rings. The summed E-state index contributed by atoms with van der Waals surface area (Å²) in [6.45, 7) is 1.54. The molecule has 0 N–H and O–H groups in total. The summed E-state index contributed by atoms with van der Waals surface area (Å²) in [5.41, 5.74) is 0.315. The van der Waals surface area contributed by atoms with E-state index >= 15 is 0 Å². The number of hydrogen-bond donors (Lipinski definition) is 0. The van der Waals surface area contributed by atoms with E-state index in [-0.39, 0.29) is 22.7 Å². The number of nitrogens with zero attached hydrogens (tertiary/aromatic N) is 2. The lowest BCUT2D eigenvalue weighted by Gasteiger charge is -2.04. The zero-order valence-electron chi connectivity index (χ0n) is 8.36. The number of carbonyl (C=O) groups excluding carboxylic acids is 1. The Balaban J connectivity index is 3.50. The van der Waals surface area contributed by atoms with Crippen molar-refractivity contribution in [1.82, 2.24) is 0 Å². The number of benzene rings is 1. The minimum Gasteiger partial charge on any atom is -0.293 e. The molecule has 1 aromatic carbocycles. The van der Waals surface area contributed by atoms with Crippen LogP contribution < -0.4 is 0 Å². The van der Waals surface area contributed by atoms with E-state index in [0.717, 1.165) is 6.07 Å². The second-order valence-electron chi connectivity index (χ2n) is 3.11. The largest absolute Gasteiger partial charge is 0.293 e. The van der Waals surface area contributed by atoms with Gasteiger partial charge in [0, 0.05) is 17.7 Å². The highest BCUT2D eigenvalue weighted by Gasteiger charge is 2.18. The fourth-order valence-electron chi connectivity index (χ4n) is 1.31. The Morgan fingerprint density at radius 3 is 2.69 bits per heavy atom. The molecule has 0 aliphatic carbocycles. The average molecular weight is 239 g/mol. The molecular formula is C10H7ClN2O3. The van der Waals surface area contributed by atoms with E-state index in [4.69, 9.17) is 16.9 Å². The zero-order valence-corrected chi connectivity index (χ0v) is 9.11. The predicted molar refractivity (Wildman–Crippen MR) is 57.6 cm³/mol. The topological polar surface area (TPSA) is 84.0 Å². The summed E-state index contributed by atoms with van der Waals surface area (Å²) in [5.74, 6) is -0.806. The molecule has 0 saturated carbocycles. The number of nitro benzene ring substituents is 1. The highest BCUT2D eigenvalue weighted by molar-refractivity contribution is 6.30. The van der Waals surface area contributed by atoms with Crippen molar-refractivity contribution in [3.8, 4) is 6.07 Å². The number of rotatable bonds is 3. The molecule has 0 heterocycles. The number of nitro groups is 1. The summed E-state index contributed by atoms with van der Waals surface area (Å²) >= 11 is 5.37. The second-order valence-corrected chi connectivity index (χ2v) is 3.38. The molecule has 0 aliphatic heterocycles. The molecular weight excluding hydrogens is 232 g/mol. The molecule has 6 heteroatoms. The van der Waals surface area contributed by atoms with E-state index in [1.807, 2.05) is 6.07 Å². The molecule has 0 atom stereocenters. The number of carbonyl (C=O) groups is 1. The van der Waals surface area contributed by atoms with Crippen LogP contribution in [-0.2, 0) is 0 Å². The molecule has 0 saturated heterocycles. The summed E-state index contributed by atoms with van der Waals surface area (Å²) < 4.78 is 0. The van der Waals surface area contributed by atoms with Gasteiger partial charge in [0.1, 0.15) is 6.07 Å². The van der Waals surface area contributed by atoms with Crippen molar-refractivity contribution in [2.45, 2.75) is 6.92 Å². The van der Waals surface area contributed by atoms with Crippen molar-refractivity contribution in [1.29, 1.82) is 5.26 Å². The maximum Gasteiger partial charge on any atom is 0.270 e. The average Bonchev–Trinajstić information content (AvgIpc) is 2.26. The zero-order chi connectivity index (χ0) is 12.3. The first kappa shape index (κ1) is 12.1. The number of aryl methyl sites for hydroxylation is 1. The lowest BCUT2D eigenvalue weighted by Crippen LogP contribution is -2.06. The number of non-ortho nitro benzene ring substituents is 1. The van der Waals surface area contributed by atoms with Crippen LogP contribution in [0.3, 0.4) is 0 Å². The first-order chi connectivity index (χ1) is 7.51. The van der Waals surface area contributed by atoms with Gasteiger partial charge in [-0.1, -0.05) is 0 Å². The Bertz CT molecular complexity index is 506. The van der Waals surface area contributed by atoms with Crippen molar-refractivity contribution in [2.75, 3.05) is 5.88 Å². The van der Waals surface area contributed by atoms with Crippen molar-refractivity contribution < 1.29 is 9.72 Å². The van der Waals surface area contributed by atoms with Crippen LogP contribution in [0.15, 0.2) is 12.1 Å². The van der Waals surface area contributed by atoms with Crippen LogP contribution >= 0.6 is 11.6 Å². The third-order valence-corrected chi connectivity index (χ3v) is 2.31. The van der Waals surface area contributed by atoms with Gasteiger partial charge in [-0.15, -0.1) is 11.6 Å². The van der Waals surface area contributed by atoms with Gasteiger partial charge in [0.25, 0.3) is 5.69 Å². The Kier molecular flexibility index (Phi) is 3.59. The number of halogens is 1. The lowest BCUT2D eigenvalue weighted by molar-refractivity contribution is -0.384. The van der Waals surface area contributed by atoms with Gasteiger partial charge < -0.3 is 0 Å². The fourth-order valence-corrected chi connectivity index (χ4v) is 1.46. The predicted octanol–water partition coefficient (Wildman–Crippen LogP) is 2.20. The number of alkyl halides is 1. The van der Waals surface area contributed by atoms with Crippen LogP contribution in [0.1, 0.15) is 21.5 Å². The van der Waals surface area contributed by atoms with Crippen molar-refractivity contribution in [3.63, 3.8) is 0 Å². The molecule has 0 radical (unpaired) electrons. The number of Topliss-reactive ketones (excluding diaryl/α,β-unsaturated/α-hetero) is 1. The maximum atomic E-state index is 11.4. The summed E-state index contributed by atoms with van der Waals surface area (Å²) in [4.78, 5) is 21.4. The monoisotopic (exact) mass is 238 g/mol. The minimum absolute atomic E-state index is 0.00389. The summed E-state index contributed by atoms with van der Waals surface area (Å²) in [6, 6.07) is 4.18. The van der Waals surface area contributed by atoms with Crippen LogP contribution in [0.2, 0.25) is 0 Å². The Morgan fingerprint density at radius 2 is 2.25 bits per heavy atom. The van der Waals surface area contributed by atoms with Gasteiger partial charge in [-0.05, 0) is 12.5 Å².